The molecule has 2 rings (SSSR count). The number of carbonyl (C=O) groups is 2. The second-order valence-corrected chi connectivity index (χ2v) is 8.85. The summed E-state index contributed by atoms with van der Waals surface area (Å²) >= 11 is 11.8. The van der Waals surface area contributed by atoms with E-state index in [1.807, 2.05) is 0 Å². The van der Waals surface area contributed by atoms with Crippen molar-refractivity contribution in [2.75, 3.05) is 31.3 Å². The van der Waals surface area contributed by atoms with Crippen molar-refractivity contribution < 1.29 is 32.2 Å². The Morgan fingerprint density at radius 2 is 1.81 bits per heavy atom. The summed E-state index contributed by atoms with van der Waals surface area (Å²) in [5.41, 5.74) is 2.92. The Balaban J connectivity index is 2.10. The van der Waals surface area contributed by atoms with Gasteiger partial charge in [0, 0.05) is 0 Å². The molecule has 0 fully saturated rings. The van der Waals surface area contributed by atoms with Gasteiger partial charge < -0.3 is 14.2 Å². The number of hydrogen-bond donors (Lipinski definition) is 1. The summed E-state index contributed by atoms with van der Waals surface area (Å²) in [5, 5.41) is 4.19. The lowest BCUT2D eigenvalue weighted by Gasteiger charge is -2.21. The number of hydrogen-bond acceptors (Lipinski definition) is 8. The number of carbonyl (C=O) groups excluding carboxylic acids is 2. The minimum absolute atomic E-state index is 0.131. The number of amides is 1. The summed E-state index contributed by atoms with van der Waals surface area (Å²) in [6.07, 6.45) is 1.34. The molecule has 0 unspecified atom stereocenters. The average Bonchev–Trinajstić information content (AvgIpc) is 2.74. The van der Waals surface area contributed by atoms with Crippen molar-refractivity contribution in [3.8, 4) is 11.5 Å². The predicted molar refractivity (Wildman–Crippen MR) is 120 cm³/mol. The van der Waals surface area contributed by atoms with E-state index in [1.165, 1.54) is 50.8 Å². The van der Waals surface area contributed by atoms with Gasteiger partial charge in [-0.3, -0.25) is 9.10 Å². The fourth-order valence-corrected chi connectivity index (χ4v) is 3.51. The number of methoxy groups -OCH3 is 2. The van der Waals surface area contributed by atoms with Crippen LogP contribution in [-0.2, 0) is 19.6 Å². The molecule has 0 heterocycles. The summed E-state index contributed by atoms with van der Waals surface area (Å²) in [4.78, 5) is 23.5. The van der Waals surface area contributed by atoms with Crippen LogP contribution in [0.2, 0.25) is 10.0 Å². The lowest BCUT2D eigenvalue weighted by atomic mass is 10.2. The Kier molecular flexibility index (Phi) is 8.70. The molecule has 0 aliphatic rings. The molecule has 13 heteroatoms. The second-order valence-electron chi connectivity index (χ2n) is 6.13. The first-order valence-electron chi connectivity index (χ1n) is 8.73. The normalized spacial score (nSPS) is 11.2. The lowest BCUT2D eigenvalue weighted by Crippen LogP contribution is -2.39. The first-order chi connectivity index (χ1) is 15.0. The van der Waals surface area contributed by atoms with E-state index in [9.17, 15) is 18.0 Å². The topological polar surface area (TPSA) is 124 Å². The Labute approximate surface area is 194 Å². The van der Waals surface area contributed by atoms with Crippen LogP contribution in [0.3, 0.4) is 0 Å². The summed E-state index contributed by atoms with van der Waals surface area (Å²) in [6.45, 7) is -0.538. The highest BCUT2D eigenvalue weighted by Gasteiger charge is 2.21. The van der Waals surface area contributed by atoms with Crippen LogP contribution < -0.4 is 19.2 Å². The summed E-state index contributed by atoms with van der Waals surface area (Å²) in [5.74, 6) is -0.338. The van der Waals surface area contributed by atoms with Gasteiger partial charge in [0.05, 0.1) is 42.4 Å². The highest BCUT2D eigenvalue weighted by Crippen LogP contribution is 2.29. The van der Waals surface area contributed by atoms with E-state index in [1.54, 1.807) is 6.07 Å². The van der Waals surface area contributed by atoms with Gasteiger partial charge in [-0.25, -0.2) is 18.6 Å². The standard InChI is InChI=1S/C19H19Cl2N3O7S/c1-29-17-8-12(4-7-16(17)31-19(26)30-2)10-22-23-18(25)11-24(32(3,27)28)13-5-6-14(20)15(21)9-13/h4-10H,11H2,1-3H3,(H,23,25)/b22-10+. The lowest BCUT2D eigenvalue weighted by molar-refractivity contribution is -0.119. The molecular formula is C19H19Cl2N3O7S. The molecule has 1 amide bonds. The highest BCUT2D eigenvalue weighted by molar-refractivity contribution is 7.92. The molecule has 0 atom stereocenters. The van der Waals surface area contributed by atoms with Crippen molar-refractivity contribution in [1.29, 1.82) is 0 Å². The van der Waals surface area contributed by atoms with Gasteiger partial charge in [-0.2, -0.15) is 5.10 Å². The third-order valence-corrected chi connectivity index (χ3v) is 5.71. The molecule has 0 radical (unpaired) electrons. The number of anilines is 1. The van der Waals surface area contributed by atoms with Gasteiger partial charge in [-0.15, -0.1) is 0 Å². The maximum Gasteiger partial charge on any atom is 0.513 e. The SMILES string of the molecule is COC(=O)Oc1ccc(/C=N/NC(=O)CN(c2ccc(Cl)c(Cl)c2)S(C)(=O)=O)cc1OC. The summed E-state index contributed by atoms with van der Waals surface area (Å²) in [6, 6.07) is 8.70. The van der Waals surface area contributed by atoms with E-state index < -0.39 is 28.6 Å². The molecule has 0 aromatic heterocycles. The van der Waals surface area contributed by atoms with Crippen LogP contribution in [0.25, 0.3) is 0 Å². The van der Waals surface area contributed by atoms with Crippen molar-refractivity contribution in [2.45, 2.75) is 0 Å². The molecular weight excluding hydrogens is 485 g/mol. The van der Waals surface area contributed by atoms with E-state index in [0.29, 0.717) is 5.56 Å². The van der Waals surface area contributed by atoms with E-state index in [-0.39, 0.29) is 27.2 Å². The van der Waals surface area contributed by atoms with E-state index >= 15 is 0 Å². The van der Waals surface area contributed by atoms with Gasteiger partial charge in [0.25, 0.3) is 5.91 Å². The Hall–Kier alpha value is -3.02. The number of ether oxygens (including phenoxy) is 3. The van der Waals surface area contributed by atoms with Gasteiger partial charge in [-0.1, -0.05) is 23.2 Å². The van der Waals surface area contributed by atoms with Gasteiger partial charge >= 0.3 is 6.16 Å². The maximum absolute atomic E-state index is 12.3. The van der Waals surface area contributed by atoms with Crippen molar-refractivity contribution in [1.82, 2.24) is 5.43 Å². The van der Waals surface area contributed by atoms with Crippen LogP contribution in [0.4, 0.5) is 10.5 Å². The van der Waals surface area contributed by atoms with Crippen molar-refractivity contribution in [3.05, 3.63) is 52.0 Å². The Morgan fingerprint density at radius 3 is 2.41 bits per heavy atom. The van der Waals surface area contributed by atoms with E-state index in [0.717, 1.165) is 10.6 Å². The minimum Gasteiger partial charge on any atom is -0.493 e. The first kappa shape index (κ1) is 25.2. The van der Waals surface area contributed by atoms with Crippen molar-refractivity contribution in [2.24, 2.45) is 5.10 Å². The van der Waals surface area contributed by atoms with Crippen LogP contribution in [0.15, 0.2) is 41.5 Å². The highest BCUT2D eigenvalue weighted by atomic mass is 35.5. The molecule has 2 aromatic carbocycles. The largest absolute Gasteiger partial charge is 0.513 e. The predicted octanol–water partition coefficient (Wildman–Crippen LogP) is 3.06. The third kappa shape index (κ3) is 7.01. The van der Waals surface area contributed by atoms with Crippen LogP contribution >= 0.6 is 23.2 Å². The molecule has 2 aromatic rings. The molecule has 0 aliphatic carbocycles. The van der Waals surface area contributed by atoms with Crippen LogP contribution in [0.1, 0.15) is 5.56 Å². The molecule has 0 saturated heterocycles. The van der Waals surface area contributed by atoms with E-state index in [2.05, 4.69) is 15.3 Å². The Bertz CT molecular complexity index is 1140. The van der Waals surface area contributed by atoms with Crippen molar-refractivity contribution >= 4 is 57.2 Å². The second kappa shape index (κ2) is 11.0. The number of halogens is 2. The van der Waals surface area contributed by atoms with Crippen LogP contribution in [0.5, 0.6) is 11.5 Å². The quantitative estimate of drug-likeness (QED) is 0.254. The molecule has 0 bridgehead atoms. The summed E-state index contributed by atoms with van der Waals surface area (Å²) in [7, 11) is -1.24. The first-order valence-corrected chi connectivity index (χ1v) is 11.3. The molecule has 0 spiro atoms. The number of nitrogens with one attached hydrogen (secondary N) is 1. The zero-order valence-electron chi connectivity index (χ0n) is 17.2. The number of sulfonamides is 1. The smallest absolute Gasteiger partial charge is 0.493 e. The van der Waals surface area contributed by atoms with Crippen LogP contribution in [0, 0.1) is 0 Å². The van der Waals surface area contributed by atoms with Crippen LogP contribution in [-0.4, -0.2) is 53.7 Å². The summed E-state index contributed by atoms with van der Waals surface area (Å²) < 4.78 is 39.6. The number of nitrogens with zero attached hydrogens (tertiary/aromatic N) is 2. The Morgan fingerprint density at radius 1 is 1.09 bits per heavy atom. The number of hydrazone groups is 1. The molecule has 0 saturated carbocycles. The monoisotopic (exact) mass is 503 g/mol. The number of rotatable bonds is 8. The molecule has 1 N–H and O–H groups in total. The maximum atomic E-state index is 12.3. The van der Waals surface area contributed by atoms with Gasteiger partial charge in [0.2, 0.25) is 10.0 Å². The molecule has 10 nitrogen and oxygen atoms in total. The minimum atomic E-state index is -3.80. The van der Waals surface area contributed by atoms with Gasteiger partial charge in [0.1, 0.15) is 6.54 Å². The van der Waals surface area contributed by atoms with Gasteiger partial charge in [0.15, 0.2) is 11.5 Å². The zero-order valence-corrected chi connectivity index (χ0v) is 19.5. The molecule has 32 heavy (non-hydrogen) atoms. The van der Waals surface area contributed by atoms with Crippen molar-refractivity contribution in [3.63, 3.8) is 0 Å². The zero-order chi connectivity index (χ0) is 23.9. The fraction of sp³-hybridized carbons (Fsp3) is 0.211. The molecule has 172 valence electrons. The third-order valence-electron chi connectivity index (χ3n) is 3.83. The van der Waals surface area contributed by atoms with E-state index in [4.69, 9.17) is 32.7 Å². The molecule has 0 aliphatic heterocycles. The fourth-order valence-electron chi connectivity index (χ4n) is 2.37. The average molecular weight is 504 g/mol. The van der Waals surface area contributed by atoms with Gasteiger partial charge in [-0.05, 0) is 42.0 Å². The number of benzene rings is 2.